The van der Waals surface area contributed by atoms with Crippen LogP contribution in [0.5, 0.6) is 0 Å². The summed E-state index contributed by atoms with van der Waals surface area (Å²) in [6.45, 7) is 2.97. The van der Waals surface area contributed by atoms with Gasteiger partial charge in [-0.1, -0.05) is 6.07 Å². The Hall–Kier alpha value is -3.17. The number of alkyl halides is 3. The summed E-state index contributed by atoms with van der Waals surface area (Å²) in [5, 5.41) is 7.15. The third-order valence-electron chi connectivity index (χ3n) is 3.43. The van der Waals surface area contributed by atoms with Crippen LogP contribution >= 0.6 is 0 Å². The van der Waals surface area contributed by atoms with Gasteiger partial charge >= 0.3 is 6.18 Å². The quantitative estimate of drug-likeness (QED) is 0.755. The van der Waals surface area contributed by atoms with Crippen molar-refractivity contribution in [2.24, 2.45) is 0 Å². The lowest BCUT2D eigenvalue weighted by Crippen LogP contribution is -2.15. The van der Waals surface area contributed by atoms with Crippen LogP contribution in [0.4, 0.5) is 30.6 Å². The number of pyridine rings is 1. The maximum absolute atomic E-state index is 12.9. The Labute approximate surface area is 140 Å². The van der Waals surface area contributed by atoms with Crippen molar-refractivity contribution in [2.45, 2.75) is 20.0 Å². The molecule has 0 aliphatic heterocycles. The van der Waals surface area contributed by atoms with E-state index in [-0.39, 0.29) is 11.6 Å². The van der Waals surface area contributed by atoms with Crippen LogP contribution in [0.3, 0.4) is 0 Å². The average Bonchev–Trinajstić information content (AvgIpc) is 2.87. The van der Waals surface area contributed by atoms with E-state index in [2.05, 4.69) is 25.4 Å². The Morgan fingerprint density at radius 2 is 1.88 bits per heavy atom. The average molecular weight is 349 g/mol. The van der Waals surface area contributed by atoms with Crippen molar-refractivity contribution in [1.82, 2.24) is 24.7 Å². The van der Waals surface area contributed by atoms with E-state index in [1.807, 2.05) is 6.07 Å². The number of hydrogen-bond donors (Lipinski definition) is 2. The maximum Gasteiger partial charge on any atom is 0.421 e. The highest BCUT2D eigenvalue weighted by atomic mass is 19.4. The predicted molar refractivity (Wildman–Crippen MR) is 85.6 cm³/mol. The summed E-state index contributed by atoms with van der Waals surface area (Å²) in [6, 6.07) is 5.36. The normalized spacial score (nSPS) is 11.6. The second kappa shape index (κ2) is 6.04. The van der Waals surface area contributed by atoms with Crippen LogP contribution in [0.15, 0.2) is 30.6 Å². The van der Waals surface area contributed by atoms with E-state index in [0.717, 1.165) is 0 Å². The molecular weight excluding hydrogens is 335 g/mol. The summed E-state index contributed by atoms with van der Waals surface area (Å²) in [7, 11) is 0. The van der Waals surface area contributed by atoms with Crippen molar-refractivity contribution in [3.8, 4) is 5.82 Å². The fourth-order valence-electron chi connectivity index (χ4n) is 2.31. The van der Waals surface area contributed by atoms with Crippen molar-refractivity contribution in [3.05, 3.63) is 47.5 Å². The Bertz CT molecular complexity index is 880. The number of hydrogen-bond acceptors (Lipinski definition) is 6. The number of nitrogens with one attached hydrogen (secondary N) is 1. The first-order valence-electron chi connectivity index (χ1n) is 7.21. The molecule has 0 atom stereocenters. The number of nitrogens with zero attached hydrogens (tertiary/aromatic N) is 5. The Kier molecular flexibility index (Phi) is 4.03. The highest BCUT2D eigenvalue weighted by molar-refractivity contribution is 5.58. The molecule has 0 amide bonds. The van der Waals surface area contributed by atoms with Crippen LogP contribution < -0.4 is 11.1 Å². The van der Waals surface area contributed by atoms with Gasteiger partial charge in [-0.2, -0.15) is 23.3 Å². The predicted octanol–water partition coefficient (Wildman–Crippen LogP) is 3.02. The molecule has 7 nitrogen and oxygen atoms in total. The highest BCUT2D eigenvalue weighted by Crippen LogP contribution is 2.35. The molecule has 0 radical (unpaired) electrons. The molecule has 0 fully saturated rings. The van der Waals surface area contributed by atoms with E-state index in [9.17, 15) is 13.2 Å². The third-order valence-corrected chi connectivity index (χ3v) is 3.43. The minimum absolute atomic E-state index is 0.0355. The van der Waals surface area contributed by atoms with E-state index >= 15 is 0 Å². The van der Waals surface area contributed by atoms with E-state index in [4.69, 9.17) is 5.73 Å². The van der Waals surface area contributed by atoms with Crippen LogP contribution in [0.25, 0.3) is 5.82 Å². The largest absolute Gasteiger partial charge is 0.421 e. The van der Waals surface area contributed by atoms with E-state index in [1.165, 1.54) is 11.6 Å². The van der Waals surface area contributed by atoms with Gasteiger partial charge in [0.25, 0.3) is 0 Å². The van der Waals surface area contributed by atoms with Gasteiger partial charge in [0.1, 0.15) is 11.4 Å². The zero-order valence-electron chi connectivity index (χ0n) is 13.3. The summed E-state index contributed by atoms with van der Waals surface area (Å²) in [4.78, 5) is 11.7. The van der Waals surface area contributed by atoms with Crippen molar-refractivity contribution in [3.63, 3.8) is 0 Å². The first-order valence-corrected chi connectivity index (χ1v) is 7.21. The monoisotopic (exact) mass is 349 g/mol. The Morgan fingerprint density at radius 3 is 2.48 bits per heavy atom. The third kappa shape index (κ3) is 3.37. The molecule has 25 heavy (non-hydrogen) atoms. The molecule has 0 aromatic carbocycles. The van der Waals surface area contributed by atoms with E-state index in [1.54, 1.807) is 31.5 Å². The zero-order chi connectivity index (χ0) is 18.2. The maximum atomic E-state index is 12.9. The molecule has 0 unspecified atom stereocenters. The van der Waals surface area contributed by atoms with Gasteiger partial charge in [-0.05, 0) is 26.0 Å². The summed E-state index contributed by atoms with van der Waals surface area (Å²) in [5.41, 5.74) is 5.31. The fraction of sp³-hybridized carbons (Fsp3) is 0.200. The van der Waals surface area contributed by atoms with Crippen LogP contribution in [0.1, 0.15) is 17.0 Å². The molecule has 3 N–H and O–H groups in total. The molecule has 3 aromatic rings. The van der Waals surface area contributed by atoms with Crippen LogP contribution in [-0.4, -0.2) is 24.7 Å². The van der Waals surface area contributed by atoms with Crippen LogP contribution in [0.2, 0.25) is 0 Å². The second-order valence-corrected chi connectivity index (χ2v) is 5.28. The molecule has 0 spiro atoms. The number of nitrogen functional groups attached to an aromatic ring is 1. The van der Waals surface area contributed by atoms with Crippen molar-refractivity contribution >= 4 is 17.5 Å². The van der Waals surface area contributed by atoms with E-state index in [0.29, 0.717) is 17.2 Å². The van der Waals surface area contributed by atoms with Crippen LogP contribution in [0, 0.1) is 13.8 Å². The molecule has 3 heterocycles. The topological polar surface area (TPSA) is 94.5 Å². The smallest absolute Gasteiger partial charge is 0.383 e. The SMILES string of the molecule is Cc1nn(-c2ccccn2)cc1Nc1nc(C)c(C(F)(F)F)c(N)n1. The van der Waals surface area contributed by atoms with Crippen molar-refractivity contribution < 1.29 is 13.2 Å². The van der Waals surface area contributed by atoms with Gasteiger partial charge in [0.15, 0.2) is 5.82 Å². The molecule has 0 saturated heterocycles. The van der Waals surface area contributed by atoms with E-state index < -0.39 is 17.6 Å². The number of rotatable bonds is 3. The number of halogens is 3. The van der Waals surface area contributed by atoms with Crippen molar-refractivity contribution in [2.75, 3.05) is 11.1 Å². The van der Waals surface area contributed by atoms with Gasteiger partial charge in [-0.3, -0.25) is 0 Å². The minimum atomic E-state index is -4.60. The first kappa shape index (κ1) is 16.7. The lowest BCUT2D eigenvalue weighted by Gasteiger charge is -2.13. The molecule has 0 aliphatic rings. The van der Waals surface area contributed by atoms with Crippen LogP contribution in [-0.2, 0) is 6.18 Å². The number of aryl methyl sites for hydroxylation is 2. The summed E-state index contributed by atoms with van der Waals surface area (Å²) in [6.07, 6.45) is -1.33. The molecule has 0 aliphatic carbocycles. The summed E-state index contributed by atoms with van der Waals surface area (Å²) < 4.78 is 40.3. The zero-order valence-corrected chi connectivity index (χ0v) is 13.3. The number of aromatic nitrogens is 5. The van der Waals surface area contributed by atoms with Gasteiger partial charge in [-0.25, -0.2) is 14.6 Å². The molecule has 3 rings (SSSR count). The lowest BCUT2D eigenvalue weighted by atomic mass is 10.2. The molecule has 130 valence electrons. The summed E-state index contributed by atoms with van der Waals surface area (Å²) in [5.74, 6) is -0.0633. The van der Waals surface area contributed by atoms with Gasteiger partial charge in [-0.15, -0.1) is 0 Å². The fourth-order valence-corrected chi connectivity index (χ4v) is 2.31. The van der Waals surface area contributed by atoms with Gasteiger partial charge in [0.2, 0.25) is 5.95 Å². The molecular formula is C15H14F3N7. The molecule has 0 bridgehead atoms. The number of nitrogens with two attached hydrogens (primary N) is 1. The second-order valence-electron chi connectivity index (χ2n) is 5.28. The molecule has 10 heteroatoms. The molecule has 0 saturated carbocycles. The Balaban J connectivity index is 1.92. The Morgan fingerprint density at radius 1 is 1.12 bits per heavy atom. The highest BCUT2D eigenvalue weighted by Gasteiger charge is 2.36. The van der Waals surface area contributed by atoms with Gasteiger partial charge in [0.05, 0.1) is 23.3 Å². The summed E-state index contributed by atoms with van der Waals surface area (Å²) >= 11 is 0. The number of anilines is 3. The molecule has 3 aromatic heterocycles. The standard InChI is InChI=1S/C15H14F3N7/c1-8-10(7-25(24-8)11-5-3-4-6-20-11)22-14-21-9(2)12(13(19)23-14)15(16,17)18/h3-7H,1-2H3,(H3,19,21,22,23). The lowest BCUT2D eigenvalue weighted by molar-refractivity contribution is -0.137. The van der Waals surface area contributed by atoms with Gasteiger partial charge in [0, 0.05) is 6.20 Å². The van der Waals surface area contributed by atoms with Crippen molar-refractivity contribution in [1.29, 1.82) is 0 Å². The minimum Gasteiger partial charge on any atom is -0.383 e. The first-order chi connectivity index (χ1) is 11.8. The van der Waals surface area contributed by atoms with Gasteiger partial charge < -0.3 is 11.1 Å².